The van der Waals surface area contributed by atoms with Crippen molar-refractivity contribution in [3.63, 3.8) is 0 Å². The molecular formula is C18H22OSi. The van der Waals surface area contributed by atoms with Gasteiger partial charge in [0.05, 0.1) is 0 Å². The maximum atomic E-state index is 5.83. The van der Waals surface area contributed by atoms with Crippen LogP contribution in [0.25, 0.3) is 5.57 Å². The molecule has 0 N–H and O–H groups in total. The average Bonchev–Trinajstić information content (AvgIpc) is 2.49. The Labute approximate surface area is 124 Å². The van der Waals surface area contributed by atoms with Crippen LogP contribution >= 0.6 is 0 Å². The van der Waals surface area contributed by atoms with Crippen LogP contribution in [0.2, 0.25) is 0 Å². The molecule has 0 saturated heterocycles. The molecule has 0 unspecified atom stereocenters. The fraction of sp³-hybridized carbons (Fsp3) is 0.222. The van der Waals surface area contributed by atoms with Crippen molar-refractivity contribution in [3.8, 4) is 0 Å². The highest BCUT2D eigenvalue weighted by Gasteiger charge is 2.04. The summed E-state index contributed by atoms with van der Waals surface area (Å²) in [5.41, 5.74) is 6.13. The fourth-order valence-electron chi connectivity index (χ4n) is 2.08. The molecule has 20 heavy (non-hydrogen) atoms. The van der Waals surface area contributed by atoms with Crippen molar-refractivity contribution < 1.29 is 4.43 Å². The van der Waals surface area contributed by atoms with Crippen molar-refractivity contribution in [3.05, 3.63) is 77.5 Å². The quantitative estimate of drug-likeness (QED) is 0.578. The van der Waals surface area contributed by atoms with Gasteiger partial charge < -0.3 is 4.43 Å². The van der Waals surface area contributed by atoms with Gasteiger partial charge in [-0.05, 0) is 22.6 Å². The van der Waals surface area contributed by atoms with Crippen LogP contribution < -0.4 is 0 Å². The summed E-state index contributed by atoms with van der Waals surface area (Å²) < 4.78 is 5.83. The van der Waals surface area contributed by atoms with E-state index in [-0.39, 0.29) is 0 Å². The van der Waals surface area contributed by atoms with Gasteiger partial charge in [-0.25, -0.2) is 0 Å². The first-order valence-electron chi connectivity index (χ1n) is 7.16. The van der Waals surface area contributed by atoms with Crippen molar-refractivity contribution in [2.24, 2.45) is 5.92 Å². The van der Waals surface area contributed by atoms with Crippen LogP contribution in [0.1, 0.15) is 25.0 Å². The predicted octanol–water partition coefficient (Wildman–Crippen LogP) is 3.83. The van der Waals surface area contributed by atoms with E-state index in [2.05, 4.69) is 80.2 Å². The zero-order chi connectivity index (χ0) is 14.2. The Morgan fingerprint density at radius 2 is 1.45 bits per heavy atom. The highest BCUT2D eigenvalue weighted by Crippen LogP contribution is 2.22. The molecule has 0 aliphatic rings. The molecule has 2 heteroatoms. The second kappa shape index (κ2) is 7.83. The normalized spacial score (nSPS) is 11.2. The average molecular weight is 282 g/mol. The summed E-state index contributed by atoms with van der Waals surface area (Å²) in [6.07, 6.45) is 0. The van der Waals surface area contributed by atoms with Gasteiger partial charge in [0.1, 0.15) is 0 Å². The van der Waals surface area contributed by atoms with E-state index >= 15 is 0 Å². The second-order valence-electron chi connectivity index (χ2n) is 5.28. The molecule has 0 atom stereocenters. The molecule has 0 heterocycles. The Morgan fingerprint density at radius 1 is 0.950 bits per heavy atom. The molecule has 0 spiro atoms. The molecule has 2 aromatic rings. The second-order valence-corrected chi connectivity index (χ2v) is 6.43. The van der Waals surface area contributed by atoms with E-state index in [9.17, 15) is 0 Å². The number of benzene rings is 2. The maximum Gasteiger partial charge on any atom is 0.185 e. The van der Waals surface area contributed by atoms with Gasteiger partial charge >= 0.3 is 0 Å². The first-order valence-corrected chi connectivity index (χ1v) is 8.55. The summed E-state index contributed by atoms with van der Waals surface area (Å²) in [6, 6.07) is 21.1. The number of hydrogen-bond donors (Lipinski definition) is 0. The zero-order valence-electron chi connectivity index (χ0n) is 12.3. The van der Waals surface area contributed by atoms with E-state index in [1.165, 1.54) is 16.7 Å². The largest absolute Gasteiger partial charge is 0.419 e. The van der Waals surface area contributed by atoms with E-state index in [4.69, 9.17) is 4.43 Å². The van der Waals surface area contributed by atoms with E-state index in [0.29, 0.717) is 5.92 Å². The molecule has 0 aliphatic carbocycles. The third-order valence-corrected chi connectivity index (χ3v) is 4.07. The Kier molecular flexibility index (Phi) is 5.78. The SMILES string of the molecule is CC(C)CO[SiH2]C=C(c1ccccc1)c1ccccc1. The van der Waals surface area contributed by atoms with E-state index in [1.54, 1.807) is 0 Å². The first kappa shape index (κ1) is 14.8. The van der Waals surface area contributed by atoms with E-state index < -0.39 is 9.76 Å². The minimum atomic E-state index is -0.629. The smallest absolute Gasteiger partial charge is 0.185 e. The van der Waals surface area contributed by atoms with Gasteiger partial charge in [0.25, 0.3) is 0 Å². The molecule has 0 fully saturated rings. The summed E-state index contributed by atoms with van der Waals surface area (Å²) >= 11 is 0. The van der Waals surface area contributed by atoms with Crippen LogP contribution in [-0.4, -0.2) is 16.4 Å². The molecule has 0 amide bonds. The molecule has 0 saturated carbocycles. The summed E-state index contributed by atoms with van der Waals surface area (Å²) in [6.45, 7) is 5.24. The molecule has 2 aromatic carbocycles. The first-order chi connectivity index (χ1) is 9.77. The Balaban J connectivity index is 2.19. The maximum absolute atomic E-state index is 5.83. The monoisotopic (exact) mass is 282 g/mol. The highest BCUT2D eigenvalue weighted by molar-refractivity contribution is 6.37. The van der Waals surface area contributed by atoms with Crippen molar-refractivity contribution >= 4 is 15.3 Å². The van der Waals surface area contributed by atoms with Gasteiger partial charge in [0, 0.05) is 6.61 Å². The third-order valence-electron chi connectivity index (χ3n) is 3.03. The van der Waals surface area contributed by atoms with Crippen molar-refractivity contribution in [1.82, 2.24) is 0 Å². The summed E-state index contributed by atoms with van der Waals surface area (Å²) in [4.78, 5) is 0. The standard InChI is InChI=1S/C18H22OSi/c1-15(2)13-19-20-14-18(16-9-5-3-6-10-16)17-11-7-4-8-12-17/h3-12,14-15H,13,20H2,1-2H3. The fourth-order valence-corrected chi connectivity index (χ4v) is 3.45. The van der Waals surface area contributed by atoms with Crippen LogP contribution in [0, 0.1) is 5.92 Å². The van der Waals surface area contributed by atoms with Gasteiger partial charge in [-0.2, -0.15) is 0 Å². The number of rotatable bonds is 6. The van der Waals surface area contributed by atoms with Crippen LogP contribution in [-0.2, 0) is 4.43 Å². The van der Waals surface area contributed by atoms with Crippen LogP contribution in [0.5, 0.6) is 0 Å². The Bertz CT molecular complexity index is 490. The molecule has 2 rings (SSSR count). The molecule has 0 aliphatic heterocycles. The van der Waals surface area contributed by atoms with Gasteiger partial charge in [-0.3, -0.25) is 0 Å². The lowest BCUT2D eigenvalue weighted by Gasteiger charge is -2.10. The third kappa shape index (κ3) is 4.48. The van der Waals surface area contributed by atoms with Crippen molar-refractivity contribution in [1.29, 1.82) is 0 Å². The molecular weight excluding hydrogens is 260 g/mol. The minimum absolute atomic E-state index is 0.604. The van der Waals surface area contributed by atoms with Gasteiger partial charge in [-0.15, -0.1) is 0 Å². The molecule has 0 radical (unpaired) electrons. The Morgan fingerprint density at radius 3 is 1.90 bits per heavy atom. The van der Waals surface area contributed by atoms with Crippen LogP contribution in [0.4, 0.5) is 0 Å². The Hall–Kier alpha value is -1.64. The summed E-state index contributed by atoms with van der Waals surface area (Å²) in [7, 11) is -0.629. The van der Waals surface area contributed by atoms with Gasteiger partial charge in [0.2, 0.25) is 0 Å². The highest BCUT2D eigenvalue weighted by atomic mass is 28.2. The molecule has 0 bridgehead atoms. The van der Waals surface area contributed by atoms with E-state index in [0.717, 1.165) is 6.61 Å². The van der Waals surface area contributed by atoms with Gasteiger partial charge in [0.15, 0.2) is 9.76 Å². The lowest BCUT2D eigenvalue weighted by Crippen LogP contribution is -2.05. The van der Waals surface area contributed by atoms with E-state index in [1.807, 2.05) is 0 Å². The lowest BCUT2D eigenvalue weighted by atomic mass is 10.00. The minimum Gasteiger partial charge on any atom is -0.419 e. The van der Waals surface area contributed by atoms with Crippen LogP contribution in [0.3, 0.4) is 0 Å². The summed E-state index contributed by atoms with van der Waals surface area (Å²) in [5, 5.41) is 0. The summed E-state index contributed by atoms with van der Waals surface area (Å²) in [5.74, 6) is 0.604. The topological polar surface area (TPSA) is 9.23 Å². The molecule has 1 nitrogen and oxygen atoms in total. The number of hydrogen-bond acceptors (Lipinski definition) is 1. The zero-order valence-corrected chi connectivity index (χ0v) is 13.7. The molecule has 104 valence electrons. The van der Waals surface area contributed by atoms with Crippen LogP contribution in [0.15, 0.2) is 66.4 Å². The lowest BCUT2D eigenvalue weighted by molar-refractivity contribution is 0.289. The predicted molar refractivity (Wildman–Crippen MR) is 89.3 cm³/mol. The van der Waals surface area contributed by atoms with Crippen molar-refractivity contribution in [2.45, 2.75) is 13.8 Å². The van der Waals surface area contributed by atoms with Gasteiger partial charge in [-0.1, -0.05) is 80.2 Å². The molecule has 0 aromatic heterocycles. The van der Waals surface area contributed by atoms with Crippen molar-refractivity contribution in [2.75, 3.05) is 6.61 Å².